The van der Waals surface area contributed by atoms with Crippen molar-refractivity contribution in [1.29, 1.82) is 0 Å². The Morgan fingerprint density at radius 3 is 2.52 bits per heavy atom. The topological polar surface area (TPSA) is 62.3 Å². The third-order valence-electron chi connectivity index (χ3n) is 3.96. The monoisotopic (exact) mass is 349 g/mol. The molecule has 2 heterocycles. The lowest BCUT2D eigenvalue weighted by molar-refractivity contribution is -0.139. The maximum Gasteiger partial charge on any atom is 0.416 e. The molecule has 0 unspecified atom stereocenters. The highest BCUT2D eigenvalue weighted by Gasteiger charge is 2.41. The van der Waals surface area contributed by atoms with Gasteiger partial charge in [0.05, 0.1) is 5.56 Å². The van der Waals surface area contributed by atoms with Crippen molar-refractivity contribution >= 4 is 11.8 Å². The lowest BCUT2D eigenvalue weighted by Crippen LogP contribution is -2.52. The summed E-state index contributed by atoms with van der Waals surface area (Å²) in [5.41, 5.74) is -0.904. The summed E-state index contributed by atoms with van der Waals surface area (Å²) in [6, 6.07) is 6.39. The highest BCUT2D eigenvalue weighted by Crippen LogP contribution is 2.37. The Labute approximate surface area is 141 Å². The van der Waals surface area contributed by atoms with E-state index in [2.05, 4.69) is 10.3 Å². The van der Waals surface area contributed by atoms with Gasteiger partial charge < -0.3 is 10.2 Å². The van der Waals surface area contributed by atoms with Crippen LogP contribution in [0.5, 0.6) is 0 Å². The van der Waals surface area contributed by atoms with Gasteiger partial charge in [0.1, 0.15) is 6.04 Å². The summed E-state index contributed by atoms with van der Waals surface area (Å²) in [4.78, 5) is 30.0. The average molecular weight is 349 g/mol. The van der Waals surface area contributed by atoms with E-state index in [0.717, 1.165) is 6.07 Å². The van der Waals surface area contributed by atoms with Gasteiger partial charge in [-0.1, -0.05) is 18.2 Å². The molecule has 3 rings (SSSR count). The molecule has 1 aromatic heterocycles. The zero-order valence-electron chi connectivity index (χ0n) is 13.0. The van der Waals surface area contributed by atoms with Crippen molar-refractivity contribution < 1.29 is 22.8 Å². The van der Waals surface area contributed by atoms with Crippen molar-refractivity contribution in [1.82, 2.24) is 15.2 Å². The SMILES string of the molecule is O=C1NCCN(C(=O)c2ccncc2)[C@H]1c1ccccc1C(F)(F)F. The van der Waals surface area contributed by atoms with Crippen molar-refractivity contribution in [3.63, 3.8) is 0 Å². The van der Waals surface area contributed by atoms with Crippen molar-refractivity contribution in [3.05, 3.63) is 65.5 Å². The number of hydrogen-bond acceptors (Lipinski definition) is 3. The molecular weight excluding hydrogens is 335 g/mol. The van der Waals surface area contributed by atoms with Crippen LogP contribution >= 0.6 is 0 Å². The predicted molar refractivity (Wildman–Crippen MR) is 82.5 cm³/mol. The van der Waals surface area contributed by atoms with E-state index in [0.29, 0.717) is 0 Å². The summed E-state index contributed by atoms with van der Waals surface area (Å²) >= 11 is 0. The van der Waals surface area contributed by atoms with Crippen LogP contribution in [0.25, 0.3) is 0 Å². The number of alkyl halides is 3. The van der Waals surface area contributed by atoms with E-state index in [1.807, 2.05) is 0 Å². The molecule has 25 heavy (non-hydrogen) atoms. The molecule has 1 aliphatic rings. The third kappa shape index (κ3) is 3.33. The quantitative estimate of drug-likeness (QED) is 0.906. The molecule has 1 aromatic carbocycles. The molecule has 0 aliphatic carbocycles. The first-order valence-electron chi connectivity index (χ1n) is 7.54. The molecule has 1 aliphatic heterocycles. The summed E-state index contributed by atoms with van der Waals surface area (Å²) in [5.74, 6) is -1.15. The fraction of sp³-hybridized carbons (Fsp3) is 0.235. The van der Waals surface area contributed by atoms with Crippen LogP contribution in [0.4, 0.5) is 13.2 Å². The zero-order valence-corrected chi connectivity index (χ0v) is 13.0. The number of rotatable bonds is 2. The molecule has 0 spiro atoms. The van der Waals surface area contributed by atoms with Gasteiger partial charge in [0.2, 0.25) is 5.91 Å². The molecule has 2 amide bonds. The minimum absolute atomic E-state index is 0.115. The Kier molecular flexibility index (Phi) is 4.43. The van der Waals surface area contributed by atoms with Crippen LogP contribution in [0.15, 0.2) is 48.8 Å². The summed E-state index contributed by atoms with van der Waals surface area (Å²) in [5, 5.41) is 2.53. The van der Waals surface area contributed by atoms with Gasteiger partial charge >= 0.3 is 6.18 Å². The second-order valence-corrected chi connectivity index (χ2v) is 5.51. The summed E-state index contributed by atoms with van der Waals surface area (Å²) < 4.78 is 40.0. The van der Waals surface area contributed by atoms with E-state index >= 15 is 0 Å². The molecule has 1 fully saturated rings. The first-order valence-corrected chi connectivity index (χ1v) is 7.54. The number of aromatic nitrogens is 1. The van der Waals surface area contributed by atoms with Crippen LogP contribution in [0.2, 0.25) is 0 Å². The van der Waals surface area contributed by atoms with Gasteiger partial charge in [-0.25, -0.2) is 0 Å². The van der Waals surface area contributed by atoms with Crippen LogP contribution in [-0.2, 0) is 11.0 Å². The van der Waals surface area contributed by atoms with Crippen LogP contribution in [0, 0.1) is 0 Å². The van der Waals surface area contributed by atoms with Gasteiger partial charge in [0, 0.05) is 31.0 Å². The standard InChI is InChI=1S/C17H14F3N3O2/c18-17(19,20)13-4-2-1-3-12(13)14-15(24)22-9-10-23(14)16(25)11-5-7-21-8-6-11/h1-8,14H,9-10H2,(H,22,24)/t14-/m0/s1. The summed E-state index contributed by atoms with van der Waals surface area (Å²) in [6.45, 7) is 0.296. The van der Waals surface area contributed by atoms with E-state index in [9.17, 15) is 22.8 Å². The molecule has 2 aromatic rings. The van der Waals surface area contributed by atoms with Gasteiger partial charge in [-0.3, -0.25) is 14.6 Å². The lowest BCUT2D eigenvalue weighted by atomic mass is 9.96. The van der Waals surface area contributed by atoms with Crippen molar-refractivity contribution in [2.75, 3.05) is 13.1 Å². The molecule has 1 N–H and O–H groups in total. The molecule has 130 valence electrons. The minimum Gasteiger partial charge on any atom is -0.352 e. The second kappa shape index (κ2) is 6.54. The molecule has 0 saturated carbocycles. The van der Waals surface area contributed by atoms with Gasteiger partial charge in [-0.2, -0.15) is 13.2 Å². The number of piperazine rings is 1. The van der Waals surface area contributed by atoms with E-state index in [-0.39, 0.29) is 24.2 Å². The van der Waals surface area contributed by atoms with E-state index in [1.54, 1.807) is 0 Å². The molecule has 1 saturated heterocycles. The maximum atomic E-state index is 13.3. The Morgan fingerprint density at radius 2 is 1.84 bits per heavy atom. The van der Waals surface area contributed by atoms with E-state index < -0.39 is 29.6 Å². The predicted octanol–water partition coefficient (Wildman–Crippen LogP) is 2.41. The Hall–Kier alpha value is -2.90. The van der Waals surface area contributed by atoms with E-state index in [1.165, 1.54) is 47.6 Å². The molecule has 1 atom stereocenters. The van der Waals surface area contributed by atoms with Gasteiger partial charge in [-0.05, 0) is 23.8 Å². The number of halogens is 3. The van der Waals surface area contributed by atoms with Crippen LogP contribution in [0.1, 0.15) is 27.5 Å². The van der Waals surface area contributed by atoms with Gasteiger partial charge in [-0.15, -0.1) is 0 Å². The average Bonchev–Trinajstić information content (AvgIpc) is 2.61. The van der Waals surface area contributed by atoms with Crippen molar-refractivity contribution in [3.8, 4) is 0 Å². The number of hydrogen-bond donors (Lipinski definition) is 1. The smallest absolute Gasteiger partial charge is 0.352 e. The molecule has 5 nitrogen and oxygen atoms in total. The molecule has 0 bridgehead atoms. The number of pyridine rings is 1. The molecule has 8 heteroatoms. The number of carbonyl (C=O) groups excluding carboxylic acids is 2. The van der Waals surface area contributed by atoms with Crippen molar-refractivity contribution in [2.45, 2.75) is 12.2 Å². The largest absolute Gasteiger partial charge is 0.416 e. The molecule has 0 radical (unpaired) electrons. The van der Waals surface area contributed by atoms with Gasteiger partial charge in [0.25, 0.3) is 5.91 Å². The van der Waals surface area contributed by atoms with Gasteiger partial charge in [0.15, 0.2) is 0 Å². The summed E-state index contributed by atoms with van der Waals surface area (Å²) in [7, 11) is 0. The van der Waals surface area contributed by atoms with Crippen LogP contribution < -0.4 is 5.32 Å². The Balaban J connectivity index is 2.06. The zero-order chi connectivity index (χ0) is 18.0. The second-order valence-electron chi connectivity index (χ2n) is 5.51. The number of amides is 2. The fourth-order valence-corrected chi connectivity index (χ4v) is 2.85. The van der Waals surface area contributed by atoms with E-state index in [4.69, 9.17) is 0 Å². The highest BCUT2D eigenvalue weighted by atomic mass is 19.4. The minimum atomic E-state index is -4.63. The fourth-order valence-electron chi connectivity index (χ4n) is 2.85. The van der Waals surface area contributed by atoms with Crippen LogP contribution in [0.3, 0.4) is 0 Å². The Bertz CT molecular complexity index is 793. The Morgan fingerprint density at radius 1 is 1.16 bits per heavy atom. The number of benzene rings is 1. The third-order valence-corrected chi connectivity index (χ3v) is 3.96. The first kappa shape index (κ1) is 16.9. The first-order chi connectivity index (χ1) is 11.9. The highest BCUT2D eigenvalue weighted by molar-refractivity contribution is 5.98. The number of nitrogens with zero attached hydrogens (tertiary/aromatic N) is 2. The lowest BCUT2D eigenvalue weighted by Gasteiger charge is -2.36. The molecular formula is C17H14F3N3O2. The number of nitrogens with one attached hydrogen (secondary N) is 1. The van der Waals surface area contributed by atoms with Crippen molar-refractivity contribution in [2.24, 2.45) is 0 Å². The maximum absolute atomic E-state index is 13.3. The van der Waals surface area contributed by atoms with Crippen LogP contribution in [-0.4, -0.2) is 34.8 Å². The summed E-state index contributed by atoms with van der Waals surface area (Å²) in [6.07, 6.45) is -1.80. The normalized spacial score (nSPS) is 18.0. The number of carbonyl (C=O) groups is 2.